The zero-order chi connectivity index (χ0) is 22.3. The Morgan fingerprint density at radius 2 is 1.66 bits per heavy atom. The second kappa shape index (κ2) is 10.1. The third kappa shape index (κ3) is 5.35. The van der Waals surface area contributed by atoms with Crippen molar-refractivity contribution in [3.05, 3.63) is 95.3 Å². The van der Waals surface area contributed by atoms with Crippen LogP contribution in [0.15, 0.2) is 72.8 Å². The van der Waals surface area contributed by atoms with Crippen molar-refractivity contribution in [3.8, 4) is 5.75 Å². The molecule has 1 aromatic heterocycles. The average molecular weight is 428 g/mol. The number of benzene rings is 3. The molecule has 164 valence electrons. The van der Waals surface area contributed by atoms with Crippen LogP contribution in [0.5, 0.6) is 5.75 Å². The predicted molar refractivity (Wildman–Crippen MR) is 128 cm³/mol. The summed E-state index contributed by atoms with van der Waals surface area (Å²) in [6.45, 7) is 6.06. The maximum absolute atomic E-state index is 12.5. The van der Waals surface area contributed by atoms with Crippen LogP contribution in [-0.4, -0.2) is 22.1 Å². The fourth-order valence-electron chi connectivity index (χ4n) is 3.94. The van der Waals surface area contributed by atoms with Crippen LogP contribution in [-0.2, 0) is 13.1 Å². The Labute approximate surface area is 189 Å². The van der Waals surface area contributed by atoms with Crippen LogP contribution in [0.2, 0.25) is 0 Å². The summed E-state index contributed by atoms with van der Waals surface area (Å²) >= 11 is 0. The molecule has 0 spiro atoms. The predicted octanol–water partition coefficient (Wildman–Crippen LogP) is 5.44. The third-order valence-corrected chi connectivity index (χ3v) is 5.42. The minimum Gasteiger partial charge on any atom is -0.494 e. The maximum Gasteiger partial charge on any atom is 0.251 e. The molecule has 3 aromatic carbocycles. The molecule has 4 rings (SSSR count). The second-order valence-electron chi connectivity index (χ2n) is 8.10. The summed E-state index contributed by atoms with van der Waals surface area (Å²) in [5, 5.41) is 3.00. The lowest BCUT2D eigenvalue weighted by Gasteiger charge is -2.11. The van der Waals surface area contributed by atoms with Crippen LogP contribution >= 0.6 is 0 Å². The maximum atomic E-state index is 12.5. The molecule has 0 bridgehead atoms. The minimum atomic E-state index is -0.0916. The molecule has 0 aliphatic heterocycles. The van der Waals surface area contributed by atoms with E-state index in [0.717, 1.165) is 42.0 Å². The molecule has 0 atom stereocenters. The number of hydrogen-bond acceptors (Lipinski definition) is 3. The minimum absolute atomic E-state index is 0.0916. The smallest absolute Gasteiger partial charge is 0.251 e. The molecule has 5 nitrogen and oxygen atoms in total. The number of carbonyl (C=O) groups excluding carboxylic acids is 1. The lowest BCUT2D eigenvalue weighted by atomic mass is 10.1. The highest BCUT2D eigenvalue weighted by atomic mass is 16.5. The number of rotatable bonds is 9. The van der Waals surface area contributed by atoms with Gasteiger partial charge >= 0.3 is 0 Å². The largest absolute Gasteiger partial charge is 0.494 e. The number of ether oxygens (including phenoxy) is 1. The summed E-state index contributed by atoms with van der Waals surface area (Å²) in [7, 11) is 0. The topological polar surface area (TPSA) is 56.1 Å². The summed E-state index contributed by atoms with van der Waals surface area (Å²) in [5.41, 5.74) is 5.12. The van der Waals surface area contributed by atoms with Crippen molar-refractivity contribution in [3.63, 3.8) is 0 Å². The van der Waals surface area contributed by atoms with Crippen LogP contribution in [0.4, 0.5) is 0 Å². The van der Waals surface area contributed by atoms with Gasteiger partial charge in [-0.25, -0.2) is 4.98 Å². The normalized spacial score (nSPS) is 10.9. The zero-order valence-electron chi connectivity index (χ0n) is 18.7. The fourth-order valence-corrected chi connectivity index (χ4v) is 3.94. The highest BCUT2D eigenvalue weighted by Gasteiger charge is 2.12. The van der Waals surface area contributed by atoms with E-state index in [4.69, 9.17) is 9.72 Å². The van der Waals surface area contributed by atoms with Crippen molar-refractivity contribution in [1.82, 2.24) is 14.9 Å². The number of carbonyl (C=O) groups is 1. The monoisotopic (exact) mass is 427 g/mol. The molecule has 32 heavy (non-hydrogen) atoms. The zero-order valence-corrected chi connectivity index (χ0v) is 18.7. The van der Waals surface area contributed by atoms with Crippen molar-refractivity contribution in [2.45, 2.75) is 39.8 Å². The number of amides is 1. The number of para-hydroxylation sites is 2. The summed E-state index contributed by atoms with van der Waals surface area (Å²) in [5.74, 6) is 1.71. The van der Waals surface area contributed by atoms with Crippen molar-refractivity contribution in [2.75, 3.05) is 6.61 Å². The summed E-state index contributed by atoms with van der Waals surface area (Å²) in [6.07, 6.45) is 1.90. The van der Waals surface area contributed by atoms with Gasteiger partial charge in [0, 0.05) is 12.1 Å². The highest BCUT2D eigenvalue weighted by molar-refractivity contribution is 5.94. The van der Waals surface area contributed by atoms with Crippen molar-refractivity contribution in [1.29, 1.82) is 0 Å². The first-order valence-electron chi connectivity index (χ1n) is 11.1. The van der Waals surface area contributed by atoms with Gasteiger partial charge in [-0.05, 0) is 74.2 Å². The Morgan fingerprint density at radius 1 is 0.938 bits per heavy atom. The molecule has 0 saturated heterocycles. The molecule has 0 saturated carbocycles. The van der Waals surface area contributed by atoms with Crippen LogP contribution in [0.3, 0.4) is 0 Å². The molecule has 1 amide bonds. The van der Waals surface area contributed by atoms with Crippen LogP contribution in [0, 0.1) is 13.8 Å². The molecule has 0 radical (unpaired) electrons. The van der Waals surface area contributed by atoms with Gasteiger partial charge in [0.05, 0.1) is 24.2 Å². The highest BCUT2D eigenvalue weighted by Crippen LogP contribution is 2.19. The molecule has 1 heterocycles. The Hall–Kier alpha value is -3.60. The summed E-state index contributed by atoms with van der Waals surface area (Å²) in [4.78, 5) is 17.2. The van der Waals surface area contributed by atoms with Crippen molar-refractivity contribution >= 4 is 16.9 Å². The SMILES string of the molecule is Cc1cc(C)cc(OCCCCn2c(CNC(=O)c3ccccc3)nc3ccccc32)c1. The number of hydrogen-bond donors (Lipinski definition) is 1. The van der Waals surface area contributed by atoms with E-state index in [0.29, 0.717) is 18.7 Å². The number of imidazole rings is 1. The van der Waals surface area contributed by atoms with Crippen LogP contribution in [0.1, 0.15) is 40.2 Å². The fraction of sp³-hybridized carbons (Fsp3) is 0.259. The molecule has 4 aromatic rings. The molecule has 0 aliphatic carbocycles. The third-order valence-electron chi connectivity index (χ3n) is 5.42. The van der Waals surface area contributed by atoms with E-state index in [1.165, 1.54) is 11.1 Å². The number of aryl methyl sites for hydroxylation is 3. The Balaban J connectivity index is 1.37. The Kier molecular flexibility index (Phi) is 6.85. The summed E-state index contributed by atoms with van der Waals surface area (Å²) < 4.78 is 8.16. The van der Waals surface area contributed by atoms with E-state index >= 15 is 0 Å². The van der Waals surface area contributed by atoms with Crippen LogP contribution < -0.4 is 10.1 Å². The number of nitrogens with zero attached hydrogens (tertiary/aromatic N) is 2. The quantitative estimate of drug-likeness (QED) is 0.362. The Bertz CT molecular complexity index is 1180. The number of nitrogens with one attached hydrogen (secondary N) is 1. The average Bonchev–Trinajstić information content (AvgIpc) is 3.14. The van der Waals surface area contributed by atoms with E-state index in [-0.39, 0.29) is 5.91 Å². The lowest BCUT2D eigenvalue weighted by molar-refractivity contribution is 0.0949. The van der Waals surface area contributed by atoms with Gasteiger partial charge in [-0.2, -0.15) is 0 Å². The number of aromatic nitrogens is 2. The molecule has 1 N–H and O–H groups in total. The Morgan fingerprint density at radius 3 is 2.44 bits per heavy atom. The van der Waals surface area contributed by atoms with Gasteiger partial charge in [-0.3, -0.25) is 4.79 Å². The van der Waals surface area contributed by atoms with Crippen LogP contribution in [0.25, 0.3) is 11.0 Å². The first kappa shape index (κ1) is 21.6. The number of fused-ring (bicyclic) bond motifs is 1. The molecular weight excluding hydrogens is 398 g/mol. The molecule has 0 unspecified atom stereocenters. The van der Waals surface area contributed by atoms with E-state index in [2.05, 4.69) is 48.0 Å². The van der Waals surface area contributed by atoms with Crippen molar-refractivity contribution < 1.29 is 9.53 Å². The first-order chi connectivity index (χ1) is 15.6. The van der Waals surface area contributed by atoms with E-state index in [1.54, 1.807) is 0 Å². The number of unbranched alkanes of at least 4 members (excludes halogenated alkanes) is 1. The molecule has 0 aliphatic rings. The lowest BCUT2D eigenvalue weighted by Crippen LogP contribution is -2.24. The second-order valence-corrected chi connectivity index (χ2v) is 8.10. The molecule has 0 fully saturated rings. The first-order valence-corrected chi connectivity index (χ1v) is 11.1. The van der Waals surface area contributed by atoms with E-state index < -0.39 is 0 Å². The van der Waals surface area contributed by atoms with E-state index in [9.17, 15) is 4.79 Å². The molecular formula is C27H29N3O2. The van der Waals surface area contributed by atoms with Gasteiger partial charge in [-0.1, -0.05) is 36.4 Å². The summed E-state index contributed by atoms with van der Waals surface area (Å²) in [6, 6.07) is 23.7. The van der Waals surface area contributed by atoms with E-state index in [1.807, 2.05) is 48.5 Å². The van der Waals surface area contributed by atoms with Gasteiger partial charge in [-0.15, -0.1) is 0 Å². The van der Waals surface area contributed by atoms with Gasteiger partial charge in [0.2, 0.25) is 0 Å². The standard InChI is InChI=1S/C27H29N3O2/c1-20-16-21(2)18-23(17-20)32-15-9-8-14-30-25-13-7-6-12-24(25)29-26(30)19-28-27(31)22-10-4-3-5-11-22/h3-7,10-13,16-18H,8-9,14-15,19H2,1-2H3,(H,28,31). The molecule has 5 heteroatoms. The van der Waals surface area contributed by atoms with Gasteiger partial charge < -0.3 is 14.6 Å². The van der Waals surface area contributed by atoms with Gasteiger partial charge in [0.15, 0.2) is 0 Å². The van der Waals surface area contributed by atoms with Crippen molar-refractivity contribution in [2.24, 2.45) is 0 Å². The van der Waals surface area contributed by atoms with Gasteiger partial charge in [0.25, 0.3) is 5.91 Å². The van der Waals surface area contributed by atoms with Gasteiger partial charge in [0.1, 0.15) is 11.6 Å².